The van der Waals surface area contributed by atoms with Crippen LogP contribution in [0.3, 0.4) is 0 Å². The molecule has 0 spiro atoms. The largest absolute Gasteiger partial charge is 0.478 e. The van der Waals surface area contributed by atoms with E-state index in [0.717, 1.165) is 11.6 Å². The summed E-state index contributed by atoms with van der Waals surface area (Å²) in [5.41, 5.74) is 0.315. The van der Waals surface area contributed by atoms with Crippen LogP contribution in [0, 0.1) is 11.8 Å². The first-order valence-electron chi connectivity index (χ1n) is 11.8. The first kappa shape index (κ1) is 26.7. The number of rotatable bonds is 9. The molecule has 1 saturated carbocycles. The van der Waals surface area contributed by atoms with Crippen molar-refractivity contribution in [3.8, 4) is 11.5 Å². The number of carbonyl (C=O) groups excluding carboxylic acids is 3. The fourth-order valence-corrected chi connectivity index (χ4v) is 4.15. The smallest absolute Gasteiger partial charge is 0.335 e. The zero-order valence-corrected chi connectivity index (χ0v) is 20.4. The van der Waals surface area contributed by atoms with Crippen LogP contribution in [-0.2, 0) is 25.5 Å². The van der Waals surface area contributed by atoms with Crippen molar-refractivity contribution in [2.75, 3.05) is 0 Å². The summed E-state index contributed by atoms with van der Waals surface area (Å²) in [4.78, 5) is 47.6. The number of esters is 3. The molecule has 0 aliphatic heterocycles. The Morgan fingerprint density at radius 2 is 1.36 bits per heavy atom. The topological polar surface area (TPSA) is 116 Å². The van der Waals surface area contributed by atoms with E-state index < -0.39 is 17.5 Å². The first-order chi connectivity index (χ1) is 17.1. The van der Waals surface area contributed by atoms with Crippen molar-refractivity contribution in [2.45, 2.75) is 51.6 Å². The lowest BCUT2D eigenvalue weighted by Gasteiger charge is -2.31. The summed E-state index contributed by atoms with van der Waals surface area (Å²) in [6.07, 6.45) is 3.60. The third-order valence-corrected chi connectivity index (χ3v) is 6.03. The van der Waals surface area contributed by atoms with Gasteiger partial charge in [0.05, 0.1) is 17.4 Å². The van der Waals surface area contributed by atoms with Crippen molar-refractivity contribution < 1.29 is 38.5 Å². The molecule has 0 heterocycles. The number of carboxylic acids is 1. The molecule has 0 bridgehead atoms. The van der Waals surface area contributed by atoms with Gasteiger partial charge in [-0.1, -0.05) is 18.7 Å². The Bertz CT molecular complexity index is 1110. The van der Waals surface area contributed by atoms with Crippen LogP contribution in [0.25, 0.3) is 0 Å². The zero-order chi connectivity index (χ0) is 26.3. The Labute approximate surface area is 209 Å². The Kier molecular flexibility index (Phi) is 8.64. The van der Waals surface area contributed by atoms with Gasteiger partial charge in [0.15, 0.2) is 0 Å². The van der Waals surface area contributed by atoms with Gasteiger partial charge in [0.2, 0.25) is 0 Å². The minimum atomic E-state index is -0.990. The summed E-state index contributed by atoms with van der Waals surface area (Å²) in [5.74, 6) is -2.16. The highest BCUT2D eigenvalue weighted by Gasteiger charge is 2.34. The monoisotopic (exact) mass is 494 g/mol. The molecule has 3 rings (SSSR count). The molecular formula is C28H30O8. The summed E-state index contributed by atoms with van der Waals surface area (Å²) in [6.45, 7) is 6.98. The fourth-order valence-electron chi connectivity index (χ4n) is 4.15. The maximum atomic E-state index is 12.8. The molecule has 1 aliphatic carbocycles. The molecule has 1 N–H and O–H groups in total. The van der Waals surface area contributed by atoms with Gasteiger partial charge in [-0.2, -0.15) is 0 Å². The predicted molar refractivity (Wildman–Crippen MR) is 131 cm³/mol. The van der Waals surface area contributed by atoms with Crippen LogP contribution in [-0.4, -0.2) is 34.6 Å². The van der Waals surface area contributed by atoms with Gasteiger partial charge in [-0.15, -0.1) is 0 Å². The number of hydrogen-bond donors (Lipinski definition) is 1. The van der Waals surface area contributed by atoms with E-state index in [1.807, 2.05) is 13.8 Å². The molecule has 0 aromatic heterocycles. The molecule has 0 atom stereocenters. The number of benzene rings is 2. The van der Waals surface area contributed by atoms with Gasteiger partial charge in [-0.3, -0.25) is 9.59 Å². The highest BCUT2D eigenvalue weighted by atomic mass is 16.6. The lowest BCUT2D eigenvalue weighted by atomic mass is 9.82. The number of aromatic carboxylic acids is 1. The normalized spacial score (nSPS) is 17.5. The summed E-state index contributed by atoms with van der Waals surface area (Å²) in [7, 11) is 0. The SMILES string of the molecule is C=CC(=O)Oc1ccc(OC(=O)C2CCC(C(=O)OC(C)(C)Cc3ccc(C(=O)O)cc3)CC2)cc1. The quantitative estimate of drug-likeness (QED) is 0.302. The molecule has 2 aromatic rings. The van der Waals surface area contributed by atoms with Gasteiger partial charge < -0.3 is 19.3 Å². The van der Waals surface area contributed by atoms with Gasteiger partial charge >= 0.3 is 23.9 Å². The van der Waals surface area contributed by atoms with E-state index in [-0.39, 0.29) is 29.3 Å². The molecule has 0 saturated heterocycles. The Morgan fingerprint density at radius 1 is 0.861 bits per heavy atom. The van der Waals surface area contributed by atoms with Crippen molar-refractivity contribution in [3.05, 3.63) is 72.3 Å². The summed E-state index contributed by atoms with van der Waals surface area (Å²) >= 11 is 0. The van der Waals surface area contributed by atoms with Gasteiger partial charge in [-0.05, 0) is 81.5 Å². The summed E-state index contributed by atoms with van der Waals surface area (Å²) in [6, 6.07) is 12.6. The summed E-state index contributed by atoms with van der Waals surface area (Å²) < 4.78 is 16.2. The van der Waals surface area contributed by atoms with E-state index in [0.29, 0.717) is 43.6 Å². The molecule has 0 unspecified atom stereocenters. The minimum Gasteiger partial charge on any atom is -0.478 e. The van der Waals surface area contributed by atoms with Crippen molar-refractivity contribution >= 4 is 23.9 Å². The number of carbonyl (C=O) groups is 4. The average Bonchev–Trinajstić information content (AvgIpc) is 2.85. The second kappa shape index (κ2) is 11.7. The molecule has 0 radical (unpaired) electrons. The van der Waals surface area contributed by atoms with Gasteiger partial charge in [0.1, 0.15) is 17.1 Å². The maximum Gasteiger partial charge on any atom is 0.335 e. The van der Waals surface area contributed by atoms with E-state index in [2.05, 4.69) is 6.58 Å². The Hall–Kier alpha value is -3.94. The second-order valence-corrected chi connectivity index (χ2v) is 9.43. The minimum absolute atomic E-state index is 0.204. The lowest BCUT2D eigenvalue weighted by molar-refractivity contribution is -0.164. The maximum absolute atomic E-state index is 12.8. The van der Waals surface area contributed by atoms with Crippen LogP contribution < -0.4 is 9.47 Å². The predicted octanol–water partition coefficient (Wildman–Crippen LogP) is 4.75. The van der Waals surface area contributed by atoms with Crippen LogP contribution in [0.2, 0.25) is 0 Å². The molecule has 8 nitrogen and oxygen atoms in total. The third kappa shape index (κ3) is 7.53. The third-order valence-electron chi connectivity index (χ3n) is 6.03. The van der Waals surface area contributed by atoms with Gasteiger partial charge in [0.25, 0.3) is 0 Å². The molecule has 8 heteroatoms. The first-order valence-corrected chi connectivity index (χ1v) is 11.8. The number of ether oxygens (including phenoxy) is 3. The van der Waals surface area contributed by atoms with E-state index in [1.165, 1.54) is 24.3 Å². The van der Waals surface area contributed by atoms with Crippen LogP contribution in [0.15, 0.2) is 61.2 Å². The molecular weight excluding hydrogens is 464 g/mol. The highest BCUT2D eigenvalue weighted by Crippen LogP contribution is 2.32. The molecule has 1 fully saturated rings. The summed E-state index contributed by atoms with van der Waals surface area (Å²) in [5, 5.41) is 9.03. The number of hydrogen-bond acceptors (Lipinski definition) is 7. The average molecular weight is 495 g/mol. The zero-order valence-electron chi connectivity index (χ0n) is 20.4. The molecule has 0 amide bonds. The van der Waals surface area contributed by atoms with Crippen LogP contribution >= 0.6 is 0 Å². The fraction of sp³-hybridized carbons (Fsp3) is 0.357. The Balaban J connectivity index is 1.46. The lowest BCUT2D eigenvalue weighted by Crippen LogP contribution is -2.36. The Morgan fingerprint density at radius 3 is 1.86 bits per heavy atom. The molecule has 1 aliphatic rings. The standard InChI is InChI=1S/C28H30O8/c1-4-24(29)34-22-13-15-23(16-14-22)35-26(32)20-9-11-21(12-10-20)27(33)36-28(2,3)17-18-5-7-19(8-6-18)25(30)31/h4-8,13-16,20-21H,1,9-12,17H2,2-3H3,(H,30,31). The van der Waals surface area contributed by atoms with E-state index in [4.69, 9.17) is 19.3 Å². The van der Waals surface area contributed by atoms with E-state index in [1.54, 1.807) is 24.3 Å². The highest BCUT2D eigenvalue weighted by molar-refractivity contribution is 5.87. The van der Waals surface area contributed by atoms with E-state index >= 15 is 0 Å². The van der Waals surface area contributed by atoms with Crippen LogP contribution in [0.1, 0.15) is 55.5 Å². The van der Waals surface area contributed by atoms with E-state index in [9.17, 15) is 19.2 Å². The van der Waals surface area contributed by atoms with Crippen molar-refractivity contribution in [2.24, 2.45) is 11.8 Å². The van der Waals surface area contributed by atoms with Crippen molar-refractivity contribution in [3.63, 3.8) is 0 Å². The van der Waals surface area contributed by atoms with Gasteiger partial charge in [0, 0.05) is 12.5 Å². The molecule has 190 valence electrons. The van der Waals surface area contributed by atoms with Gasteiger partial charge in [-0.25, -0.2) is 9.59 Å². The van der Waals surface area contributed by atoms with Crippen LogP contribution in [0.4, 0.5) is 0 Å². The van der Waals surface area contributed by atoms with Crippen molar-refractivity contribution in [1.82, 2.24) is 0 Å². The van der Waals surface area contributed by atoms with Crippen molar-refractivity contribution in [1.29, 1.82) is 0 Å². The molecule has 2 aromatic carbocycles. The second-order valence-electron chi connectivity index (χ2n) is 9.43. The number of carboxylic acid groups (broad SMARTS) is 1. The molecule has 36 heavy (non-hydrogen) atoms. The van der Waals surface area contributed by atoms with Crippen LogP contribution in [0.5, 0.6) is 11.5 Å².